The molecule has 0 aromatic heterocycles. The normalized spacial score (nSPS) is 10.2. The number of nitrogens with one attached hydrogen (secondary N) is 1. The summed E-state index contributed by atoms with van der Waals surface area (Å²) >= 11 is 0. The summed E-state index contributed by atoms with van der Waals surface area (Å²) in [6.45, 7) is 0.937. The first kappa shape index (κ1) is 15.0. The van der Waals surface area contributed by atoms with Crippen LogP contribution < -0.4 is 10.1 Å². The predicted molar refractivity (Wildman–Crippen MR) is 78.2 cm³/mol. The molecule has 0 radical (unpaired) electrons. The average Bonchev–Trinajstić information content (AvgIpc) is 2.50. The number of methoxy groups -OCH3 is 1. The molecular weight excluding hydrogens is 273 g/mol. The second-order valence-electron chi connectivity index (χ2n) is 4.30. The van der Waals surface area contributed by atoms with Crippen LogP contribution in [-0.4, -0.2) is 26.2 Å². The van der Waals surface area contributed by atoms with Crippen LogP contribution in [0.15, 0.2) is 48.5 Å². The van der Waals surface area contributed by atoms with E-state index in [0.717, 1.165) is 0 Å². The number of hydrogen-bond acceptors (Lipinski definition) is 3. The van der Waals surface area contributed by atoms with E-state index in [1.165, 1.54) is 12.1 Å². The fraction of sp³-hybridized carbons (Fsp3) is 0.188. The molecule has 2 rings (SSSR count). The van der Waals surface area contributed by atoms with Crippen molar-refractivity contribution in [3.63, 3.8) is 0 Å². The fourth-order valence-electron chi connectivity index (χ4n) is 1.70. The molecule has 5 heteroatoms. The minimum atomic E-state index is -0.467. The van der Waals surface area contributed by atoms with E-state index in [1.54, 1.807) is 43.5 Å². The van der Waals surface area contributed by atoms with E-state index in [4.69, 9.17) is 9.47 Å². The first-order valence-electron chi connectivity index (χ1n) is 6.48. The van der Waals surface area contributed by atoms with Crippen LogP contribution in [-0.2, 0) is 4.74 Å². The van der Waals surface area contributed by atoms with E-state index in [0.29, 0.717) is 24.5 Å². The lowest BCUT2D eigenvalue weighted by Gasteiger charge is -2.08. The maximum absolute atomic E-state index is 13.5. The van der Waals surface area contributed by atoms with Crippen LogP contribution in [0.1, 0.15) is 10.4 Å². The molecule has 110 valence electrons. The van der Waals surface area contributed by atoms with E-state index in [-0.39, 0.29) is 11.6 Å². The first-order chi connectivity index (χ1) is 10.2. The SMILES string of the molecule is COCCOc1ccc(C(=O)Nc2ccccc2F)cc1. The van der Waals surface area contributed by atoms with Crippen molar-refractivity contribution in [1.82, 2.24) is 0 Å². The van der Waals surface area contributed by atoms with Crippen molar-refractivity contribution in [3.05, 3.63) is 59.9 Å². The van der Waals surface area contributed by atoms with Gasteiger partial charge in [0.1, 0.15) is 18.2 Å². The monoisotopic (exact) mass is 289 g/mol. The molecule has 0 heterocycles. The Hall–Kier alpha value is -2.40. The zero-order valence-electron chi connectivity index (χ0n) is 11.6. The molecule has 4 nitrogen and oxygen atoms in total. The molecule has 0 unspecified atom stereocenters. The minimum absolute atomic E-state index is 0.155. The standard InChI is InChI=1S/C16H16FNO3/c1-20-10-11-21-13-8-6-12(7-9-13)16(19)18-15-5-3-2-4-14(15)17/h2-9H,10-11H2,1H3,(H,18,19). The van der Waals surface area contributed by atoms with Crippen LogP contribution in [0.3, 0.4) is 0 Å². The number of anilines is 1. The van der Waals surface area contributed by atoms with Gasteiger partial charge in [-0.05, 0) is 36.4 Å². The summed E-state index contributed by atoms with van der Waals surface area (Å²) in [6.07, 6.45) is 0. The summed E-state index contributed by atoms with van der Waals surface area (Å²) in [7, 11) is 1.60. The topological polar surface area (TPSA) is 47.6 Å². The zero-order valence-corrected chi connectivity index (χ0v) is 11.6. The second-order valence-corrected chi connectivity index (χ2v) is 4.30. The molecular formula is C16H16FNO3. The molecule has 2 aromatic carbocycles. The summed E-state index contributed by atoms with van der Waals surface area (Å²) < 4.78 is 23.7. The van der Waals surface area contributed by atoms with Gasteiger partial charge in [0.2, 0.25) is 0 Å². The summed E-state index contributed by atoms with van der Waals surface area (Å²) in [5, 5.41) is 2.52. The molecule has 0 aliphatic heterocycles. The number of carbonyl (C=O) groups excluding carboxylic acids is 1. The Morgan fingerprint density at radius 2 is 1.81 bits per heavy atom. The predicted octanol–water partition coefficient (Wildman–Crippen LogP) is 3.10. The molecule has 0 aliphatic rings. The van der Waals surface area contributed by atoms with E-state index in [1.807, 2.05) is 0 Å². The van der Waals surface area contributed by atoms with Gasteiger partial charge in [-0.15, -0.1) is 0 Å². The van der Waals surface area contributed by atoms with Crippen LogP contribution in [0.25, 0.3) is 0 Å². The second kappa shape index (κ2) is 7.40. The van der Waals surface area contributed by atoms with Crippen molar-refractivity contribution in [1.29, 1.82) is 0 Å². The van der Waals surface area contributed by atoms with Gasteiger partial charge in [-0.2, -0.15) is 0 Å². The largest absolute Gasteiger partial charge is 0.491 e. The molecule has 0 saturated carbocycles. The summed E-state index contributed by atoms with van der Waals surface area (Å²) in [5.74, 6) is -0.191. The smallest absolute Gasteiger partial charge is 0.255 e. The minimum Gasteiger partial charge on any atom is -0.491 e. The lowest BCUT2D eigenvalue weighted by atomic mass is 10.2. The van der Waals surface area contributed by atoms with Crippen molar-refractivity contribution in [3.8, 4) is 5.75 Å². The Bertz CT molecular complexity index is 599. The van der Waals surface area contributed by atoms with Gasteiger partial charge in [0.05, 0.1) is 12.3 Å². The lowest BCUT2D eigenvalue weighted by Crippen LogP contribution is -2.13. The fourth-order valence-corrected chi connectivity index (χ4v) is 1.70. The third-order valence-corrected chi connectivity index (χ3v) is 2.79. The number of ether oxygens (including phenoxy) is 2. The van der Waals surface area contributed by atoms with Crippen molar-refractivity contribution in [2.75, 3.05) is 25.6 Å². The summed E-state index contributed by atoms with van der Waals surface area (Å²) in [6, 6.07) is 12.6. The van der Waals surface area contributed by atoms with Gasteiger partial charge in [-0.3, -0.25) is 4.79 Å². The third kappa shape index (κ3) is 4.29. The third-order valence-electron chi connectivity index (χ3n) is 2.79. The highest BCUT2D eigenvalue weighted by Crippen LogP contribution is 2.16. The quantitative estimate of drug-likeness (QED) is 0.831. The Kier molecular flexibility index (Phi) is 5.29. The molecule has 1 amide bonds. The van der Waals surface area contributed by atoms with E-state index >= 15 is 0 Å². The zero-order chi connectivity index (χ0) is 15.1. The Morgan fingerprint density at radius 3 is 2.48 bits per heavy atom. The highest BCUT2D eigenvalue weighted by molar-refractivity contribution is 6.04. The van der Waals surface area contributed by atoms with Crippen molar-refractivity contribution in [2.45, 2.75) is 0 Å². The summed E-state index contributed by atoms with van der Waals surface area (Å²) in [4.78, 5) is 12.0. The number of benzene rings is 2. The molecule has 0 saturated heterocycles. The van der Waals surface area contributed by atoms with Gasteiger partial charge in [0.25, 0.3) is 5.91 Å². The molecule has 2 aromatic rings. The number of halogens is 1. The highest BCUT2D eigenvalue weighted by Gasteiger charge is 2.08. The molecule has 1 N–H and O–H groups in total. The van der Waals surface area contributed by atoms with Crippen LogP contribution >= 0.6 is 0 Å². The van der Waals surface area contributed by atoms with Crippen molar-refractivity contribution < 1.29 is 18.7 Å². The van der Waals surface area contributed by atoms with Crippen molar-refractivity contribution >= 4 is 11.6 Å². The highest BCUT2D eigenvalue weighted by atomic mass is 19.1. The Morgan fingerprint density at radius 1 is 1.10 bits per heavy atom. The molecule has 0 aliphatic carbocycles. The molecule has 21 heavy (non-hydrogen) atoms. The Balaban J connectivity index is 1.98. The molecule has 0 fully saturated rings. The van der Waals surface area contributed by atoms with Crippen molar-refractivity contribution in [2.24, 2.45) is 0 Å². The van der Waals surface area contributed by atoms with Gasteiger partial charge in [0.15, 0.2) is 0 Å². The van der Waals surface area contributed by atoms with Gasteiger partial charge in [0, 0.05) is 12.7 Å². The van der Waals surface area contributed by atoms with Gasteiger partial charge in [-0.25, -0.2) is 4.39 Å². The first-order valence-corrected chi connectivity index (χ1v) is 6.48. The molecule has 0 bridgehead atoms. The number of rotatable bonds is 6. The maximum atomic E-state index is 13.5. The van der Waals surface area contributed by atoms with Gasteiger partial charge < -0.3 is 14.8 Å². The van der Waals surface area contributed by atoms with Gasteiger partial charge in [-0.1, -0.05) is 12.1 Å². The maximum Gasteiger partial charge on any atom is 0.255 e. The average molecular weight is 289 g/mol. The number of hydrogen-bond donors (Lipinski definition) is 1. The number of amides is 1. The van der Waals surface area contributed by atoms with Crippen LogP contribution in [0.2, 0.25) is 0 Å². The number of para-hydroxylation sites is 1. The van der Waals surface area contributed by atoms with Crippen LogP contribution in [0.4, 0.5) is 10.1 Å². The lowest BCUT2D eigenvalue weighted by molar-refractivity contribution is 0.102. The molecule has 0 spiro atoms. The van der Waals surface area contributed by atoms with E-state index in [2.05, 4.69) is 5.32 Å². The Labute approximate surface area is 122 Å². The van der Waals surface area contributed by atoms with Crippen LogP contribution in [0, 0.1) is 5.82 Å². The molecule has 0 atom stereocenters. The van der Waals surface area contributed by atoms with E-state index in [9.17, 15) is 9.18 Å². The summed E-state index contributed by atoms with van der Waals surface area (Å²) in [5.41, 5.74) is 0.584. The van der Waals surface area contributed by atoms with Gasteiger partial charge >= 0.3 is 0 Å². The number of carbonyl (C=O) groups is 1. The van der Waals surface area contributed by atoms with Crippen LogP contribution in [0.5, 0.6) is 5.75 Å². The van der Waals surface area contributed by atoms with E-state index < -0.39 is 5.82 Å².